The molecule has 5 heteroatoms. The molecule has 0 saturated carbocycles. The zero-order chi connectivity index (χ0) is 12.7. The summed E-state index contributed by atoms with van der Waals surface area (Å²) in [7, 11) is 1.84. The molecule has 0 N–H and O–H groups in total. The molecule has 0 saturated heterocycles. The normalized spacial score (nSPS) is 9.47. The second-order valence-electron chi connectivity index (χ2n) is 3.49. The lowest BCUT2D eigenvalue weighted by atomic mass is 10.3. The number of aromatic nitrogens is 1. The number of nitrogens with zero attached hydrogens (tertiary/aromatic N) is 3. The van der Waals surface area contributed by atoms with Crippen molar-refractivity contribution in [2.45, 2.75) is 13.3 Å². The van der Waals surface area contributed by atoms with Crippen LogP contribution >= 0.6 is 0 Å². The molecular weight excluding hydrogens is 218 g/mol. The second kappa shape index (κ2) is 6.48. The minimum Gasteiger partial charge on any atom is -0.466 e. The van der Waals surface area contributed by atoms with E-state index in [1.807, 2.05) is 18.0 Å². The molecular formula is C12H15N3O2. The fourth-order valence-electron chi connectivity index (χ4n) is 1.28. The molecule has 0 unspecified atom stereocenters. The highest BCUT2D eigenvalue weighted by molar-refractivity contribution is 5.70. The molecule has 1 heterocycles. The summed E-state index contributed by atoms with van der Waals surface area (Å²) < 4.78 is 4.84. The molecule has 0 aliphatic carbocycles. The third-order valence-corrected chi connectivity index (χ3v) is 2.22. The van der Waals surface area contributed by atoms with E-state index in [0.717, 1.165) is 5.82 Å². The number of carbonyl (C=O) groups excluding carboxylic acids is 1. The maximum Gasteiger partial charge on any atom is 0.307 e. The first kappa shape index (κ1) is 13.0. The largest absolute Gasteiger partial charge is 0.466 e. The molecule has 0 atom stereocenters. The van der Waals surface area contributed by atoms with Crippen molar-refractivity contribution in [3.63, 3.8) is 0 Å². The van der Waals surface area contributed by atoms with Crippen LogP contribution in [0, 0.1) is 11.3 Å². The van der Waals surface area contributed by atoms with Gasteiger partial charge < -0.3 is 9.64 Å². The molecule has 0 aromatic carbocycles. The Hall–Kier alpha value is -2.09. The van der Waals surface area contributed by atoms with E-state index >= 15 is 0 Å². The van der Waals surface area contributed by atoms with Crippen LogP contribution in [0.25, 0.3) is 0 Å². The highest BCUT2D eigenvalue weighted by atomic mass is 16.5. The maximum atomic E-state index is 11.2. The Bertz CT molecular complexity index is 409. The number of ether oxygens (including phenoxy) is 1. The predicted octanol–water partition coefficient (Wildman–Crippen LogP) is 1.34. The fourth-order valence-corrected chi connectivity index (χ4v) is 1.28. The molecule has 1 aromatic rings. The molecule has 0 amide bonds. The van der Waals surface area contributed by atoms with Gasteiger partial charge >= 0.3 is 5.97 Å². The summed E-state index contributed by atoms with van der Waals surface area (Å²) in [5, 5.41) is 8.64. The summed E-state index contributed by atoms with van der Waals surface area (Å²) in [5.74, 6) is 0.515. The maximum absolute atomic E-state index is 11.2. The quantitative estimate of drug-likeness (QED) is 0.718. The van der Waals surface area contributed by atoms with Crippen molar-refractivity contribution < 1.29 is 9.53 Å². The van der Waals surface area contributed by atoms with Crippen molar-refractivity contribution in [1.82, 2.24) is 4.98 Å². The van der Waals surface area contributed by atoms with E-state index in [1.54, 1.807) is 19.1 Å². The van der Waals surface area contributed by atoms with E-state index < -0.39 is 0 Å². The van der Waals surface area contributed by atoms with Gasteiger partial charge in [-0.2, -0.15) is 5.26 Å². The zero-order valence-electron chi connectivity index (χ0n) is 10.0. The topological polar surface area (TPSA) is 66.2 Å². The van der Waals surface area contributed by atoms with Crippen molar-refractivity contribution in [3.8, 4) is 6.07 Å². The number of hydrogen-bond donors (Lipinski definition) is 0. The molecule has 0 aliphatic heterocycles. The summed E-state index contributed by atoms with van der Waals surface area (Å²) in [6.45, 7) is 2.72. The van der Waals surface area contributed by atoms with Crippen LogP contribution in [-0.2, 0) is 9.53 Å². The van der Waals surface area contributed by atoms with Gasteiger partial charge in [0.25, 0.3) is 0 Å². The summed E-state index contributed by atoms with van der Waals surface area (Å²) in [6.07, 6.45) is 1.84. The van der Waals surface area contributed by atoms with Gasteiger partial charge in [0.2, 0.25) is 0 Å². The lowest BCUT2D eigenvalue weighted by molar-refractivity contribution is -0.142. The molecule has 0 spiro atoms. The molecule has 0 radical (unpaired) electrons. The standard InChI is InChI=1S/C12H15N3O2/c1-3-17-12(16)6-7-15(2)11-5-4-10(8-13)9-14-11/h4-5,9H,3,6-7H2,1-2H3. The van der Waals surface area contributed by atoms with Gasteiger partial charge in [-0.3, -0.25) is 4.79 Å². The van der Waals surface area contributed by atoms with Crippen molar-refractivity contribution in [3.05, 3.63) is 23.9 Å². The number of nitriles is 1. The average molecular weight is 233 g/mol. The van der Waals surface area contributed by atoms with E-state index in [4.69, 9.17) is 10.00 Å². The van der Waals surface area contributed by atoms with Gasteiger partial charge in [-0.25, -0.2) is 4.98 Å². The molecule has 0 bridgehead atoms. The van der Waals surface area contributed by atoms with Gasteiger partial charge in [0.15, 0.2) is 0 Å². The average Bonchev–Trinajstić information content (AvgIpc) is 2.36. The molecule has 1 rings (SSSR count). The Morgan fingerprint density at radius 3 is 2.88 bits per heavy atom. The van der Waals surface area contributed by atoms with Crippen LogP contribution in [0.3, 0.4) is 0 Å². The van der Waals surface area contributed by atoms with Gasteiger partial charge in [0.1, 0.15) is 11.9 Å². The predicted molar refractivity (Wildman–Crippen MR) is 63.5 cm³/mol. The van der Waals surface area contributed by atoms with Gasteiger partial charge in [0.05, 0.1) is 18.6 Å². The minimum atomic E-state index is -0.215. The van der Waals surface area contributed by atoms with Crippen molar-refractivity contribution in [1.29, 1.82) is 5.26 Å². The summed E-state index contributed by atoms with van der Waals surface area (Å²) in [5.41, 5.74) is 0.521. The number of rotatable bonds is 5. The van der Waals surface area contributed by atoms with Gasteiger partial charge in [-0.15, -0.1) is 0 Å². The molecule has 90 valence electrons. The Morgan fingerprint density at radius 1 is 1.59 bits per heavy atom. The summed E-state index contributed by atoms with van der Waals surface area (Å²) in [4.78, 5) is 17.1. The van der Waals surface area contributed by atoms with Crippen LogP contribution in [0.4, 0.5) is 5.82 Å². The second-order valence-corrected chi connectivity index (χ2v) is 3.49. The number of pyridine rings is 1. The Morgan fingerprint density at radius 2 is 2.35 bits per heavy atom. The van der Waals surface area contributed by atoms with Crippen LogP contribution in [0.15, 0.2) is 18.3 Å². The van der Waals surface area contributed by atoms with E-state index in [2.05, 4.69) is 4.98 Å². The van der Waals surface area contributed by atoms with Crippen molar-refractivity contribution in [2.75, 3.05) is 25.1 Å². The highest BCUT2D eigenvalue weighted by Gasteiger charge is 2.06. The number of esters is 1. The Balaban J connectivity index is 2.49. The van der Waals surface area contributed by atoms with E-state index in [-0.39, 0.29) is 5.97 Å². The van der Waals surface area contributed by atoms with Gasteiger partial charge in [-0.1, -0.05) is 0 Å². The number of carbonyl (C=O) groups is 1. The molecule has 5 nitrogen and oxygen atoms in total. The van der Waals surface area contributed by atoms with Crippen molar-refractivity contribution >= 4 is 11.8 Å². The molecule has 1 aromatic heterocycles. The van der Waals surface area contributed by atoms with Crippen LogP contribution < -0.4 is 4.90 Å². The van der Waals surface area contributed by atoms with Crippen LogP contribution in [0.1, 0.15) is 18.9 Å². The van der Waals surface area contributed by atoms with Crippen LogP contribution in [0.2, 0.25) is 0 Å². The summed E-state index contributed by atoms with van der Waals surface area (Å²) >= 11 is 0. The Labute approximate surface area is 101 Å². The van der Waals surface area contributed by atoms with Crippen LogP contribution in [-0.4, -0.2) is 31.2 Å². The lowest BCUT2D eigenvalue weighted by Crippen LogP contribution is -2.22. The van der Waals surface area contributed by atoms with Crippen molar-refractivity contribution in [2.24, 2.45) is 0 Å². The molecule has 0 fully saturated rings. The SMILES string of the molecule is CCOC(=O)CCN(C)c1ccc(C#N)cn1. The van der Waals surface area contributed by atoms with Gasteiger partial charge in [0, 0.05) is 19.8 Å². The zero-order valence-corrected chi connectivity index (χ0v) is 10.0. The fraction of sp³-hybridized carbons (Fsp3) is 0.417. The Kier molecular flexibility index (Phi) is 4.95. The molecule has 0 aliphatic rings. The monoisotopic (exact) mass is 233 g/mol. The van der Waals surface area contributed by atoms with E-state index in [9.17, 15) is 4.79 Å². The van der Waals surface area contributed by atoms with Gasteiger partial charge in [-0.05, 0) is 19.1 Å². The first-order valence-corrected chi connectivity index (χ1v) is 5.40. The van der Waals surface area contributed by atoms with Crippen LogP contribution in [0.5, 0.6) is 0 Å². The number of anilines is 1. The minimum absolute atomic E-state index is 0.215. The smallest absolute Gasteiger partial charge is 0.307 e. The third-order valence-electron chi connectivity index (χ3n) is 2.22. The third kappa shape index (κ3) is 4.11. The summed E-state index contributed by atoms with van der Waals surface area (Å²) in [6, 6.07) is 5.46. The van der Waals surface area contributed by atoms with E-state index in [0.29, 0.717) is 25.1 Å². The highest BCUT2D eigenvalue weighted by Crippen LogP contribution is 2.09. The first-order valence-electron chi connectivity index (χ1n) is 5.40. The lowest BCUT2D eigenvalue weighted by Gasteiger charge is -2.17. The van der Waals surface area contributed by atoms with E-state index in [1.165, 1.54) is 6.20 Å². The first-order chi connectivity index (χ1) is 8.17. The molecule has 17 heavy (non-hydrogen) atoms. The number of hydrogen-bond acceptors (Lipinski definition) is 5.